The van der Waals surface area contributed by atoms with Crippen molar-refractivity contribution >= 4 is 0 Å². The average Bonchev–Trinajstić information content (AvgIpc) is 2.47. The van der Waals surface area contributed by atoms with Crippen molar-refractivity contribution in [2.75, 3.05) is 6.61 Å². The Hall–Kier alpha value is -1.46. The molecule has 1 fully saturated rings. The van der Waals surface area contributed by atoms with Gasteiger partial charge in [0.25, 0.3) is 0 Å². The molecule has 0 amide bonds. The molecule has 0 aliphatic heterocycles. The van der Waals surface area contributed by atoms with E-state index in [1.807, 2.05) is 24.3 Å². The minimum absolute atomic E-state index is 0.115. The third-order valence-corrected chi connectivity index (χ3v) is 3.85. The first kappa shape index (κ1) is 14.0. The Kier molecular flexibility index (Phi) is 5.30. The first-order chi connectivity index (χ1) is 9.33. The SMILES string of the molecule is CCC1CCC(Oc2ccccc2C#CCO)CC1. The molecule has 2 rings (SSSR count). The van der Waals surface area contributed by atoms with Crippen molar-refractivity contribution < 1.29 is 9.84 Å². The molecule has 1 N–H and O–H groups in total. The van der Waals surface area contributed by atoms with Crippen molar-refractivity contribution in [3.05, 3.63) is 29.8 Å². The summed E-state index contributed by atoms with van der Waals surface area (Å²) in [7, 11) is 0. The summed E-state index contributed by atoms with van der Waals surface area (Å²) in [5, 5.41) is 8.78. The van der Waals surface area contributed by atoms with Gasteiger partial charge in [0, 0.05) is 0 Å². The van der Waals surface area contributed by atoms with E-state index in [-0.39, 0.29) is 6.61 Å². The summed E-state index contributed by atoms with van der Waals surface area (Å²) in [5.74, 6) is 7.36. The van der Waals surface area contributed by atoms with Crippen LogP contribution in [0, 0.1) is 17.8 Å². The molecule has 0 unspecified atom stereocenters. The van der Waals surface area contributed by atoms with Crippen LogP contribution in [0.3, 0.4) is 0 Å². The average molecular weight is 258 g/mol. The molecule has 1 aromatic rings. The van der Waals surface area contributed by atoms with Gasteiger partial charge in [0.05, 0.1) is 11.7 Å². The summed E-state index contributed by atoms with van der Waals surface area (Å²) in [4.78, 5) is 0. The minimum atomic E-state index is -0.115. The van der Waals surface area contributed by atoms with E-state index < -0.39 is 0 Å². The molecule has 1 aliphatic carbocycles. The van der Waals surface area contributed by atoms with Gasteiger partial charge in [-0.25, -0.2) is 0 Å². The van der Waals surface area contributed by atoms with Crippen molar-refractivity contribution in [3.8, 4) is 17.6 Å². The van der Waals surface area contributed by atoms with Crippen LogP contribution in [0.15, 0.2) is 24.3 Å². The third kappa shape index (κ3) is 4.01. The van der Waals surface area contributed by atoms with Gasteiger partial charge >= 0.3 is 0 Å². The van der Waals surface area contributed by atoms with Gasteiger partial charge < -0.3 is 9.84 Å². The second kappa shape index (κ2) is 7.21. The maximum atomic E-state index is 8.78. The van der Waals surface area contributed by atoms with Crippen LogP contribution in [0.25, 0.3) is 0 Å². The zero-order valence-electron chi connectivity index (χ0n) is 11.6. The number of para-hydroxylation sites is 1. The van der Waals surface area contributed by atoms with Crippen molar-refractivity contribution in [2.45, 2.75) is 45.1 Å². The molecule has 0 saturated heterocycles. The van der Waals surface area contributed by atoms with Crippen LogP contribution in [0.2, 0.25) is 0 Å². The summed E-state index contributed by atoms with van der Waals surface area (Å²) in [6.45, 7) is 2.15. The Morgan fingerprint density at radius 3 is 2.63 bits per heavy atom. The summed E-state index contributed by atoms with van der Waals surface area (Å²) < 4.78 is 6.09. The fourth-order valence-electron chi connectivity index (χ4n) is 2.64. The molecular formula is C17H22O2. The summed E-state index contributed by atoms with van der Waals surface area (Å²) in [6.07, 6.45) is 6.42. The molecule has 0 aromatic heterocycles. The molecule has 0 bridgehead atoms. The number of hydrogen-bond acceptors (Lipinski definition) is 2. The smallest absolute Gasteiger partial charge is 0.135 e. The van der Waals surface area contributed by atoms with E-state index in [1.165, 1.54) is 19.3 Å². The minimum Gasteiger partial charge on any atom is -0.489 e. The lowest BCUT2D eigenvalue weighted by Crippen LogP contribution is -2.24. The predicted octanol–water partition coefficient (Wildman–Crippen LogP) is 3.38. The molecule has 1 aliphatic rings. The molecular weight excluding hydrogens is 236 g/mol. The molecule has 102 valence electrons. The number of benzene rings is 1. The Balaban J connectivity index is 1.99. The Bertz CT molecular complexity index is 448. The second-order valence-electron chi connectivity index (χ2n) is 5.12. The maximum Gasteiger partial charge on any atom is 0.135 e. The lowest BCUT2D eigenvalue weighted by atomic mass is 9.86. The number of aliphatic hydroxyl groups is 1. The van der Waals surface area contributed by atoms with Gasteiger partial charge in [0.15, 0.2) is 0 Å². The zero-order chi connectivity index (χ0) is 13.5. The van der Waals surface area contributed by atoms with Crippen LogP contribution in [-0.4, -0.2) is 17.8 Å². The Morgan fingerprint density at radius 2 is 1.95 bits per heavy atom. The lowest BCUT2D eigenvalue weighted by molar-refractivity contribution is 0.129. The van der Waals surface area contributed by atoms with Gasteiger partial charge in [-0.05, 0) is 43.7 Å². The van der Waals surface area contributed by atoms with Crippen LogP contribution in [0.5, 0.6) is 5.75 Å². The highest BCUT2D eigenvalue weighted by Gasteiger charge is 2.21. The van der Waals surface area contributed by atoms with Gasteiger partial charge in [0.2, 0.25) is 0 Å². The van der Waals surface area contributed by atoms with E-state index in [9.17, 15) is 0 Å². The molecule has 1 saturated carbocycles. The largest absolute Gasteiger partial charge is 0.489 e. The molecule has 1 aromatic carbocycles. The van der Waals surface area contributed by atoms with Crippen molar-refractivity contribution in [3.63, 3.8) is 0 Å². The van der Waals surface area contributed by atoms with E-state index in [0.29, 0.717) is 6.10 Å². The second-order valence-corrected chi connectivity index (χ2v) is 5.12. The maximum absolute atomic E-state index is 8.78. The first-order valence-corrected chi connectivity index (χ1v) is 7.19. The number of rotatable bonds is 3. The molecule has 2 heteroatoms. The van der Waals surface area contributed by atoms with Gasteiger partial charge in [-0.1, -0.05) is 37.3 Å². The lowest BCUT2D eigenvalue weighted by Gasteiger charge is -2.28. The molecule has 0 spiro atoms. The van der Waals surface area contributed by atoms with Gasteiger partial charge in [-0.2, -0.15) is 0 Å². The van der Waals surface area contributed by atoms with Crippen molar-refractivity contribution in [1.29, 1.82) is 0 Å². The van der Waals surface area contributed by atoms with E-state index in [0.717, 1.165) is 30.1 Å². The van der Waals surface area contributed by atoms with Crippen LogP contribution in [-0.2, 0) is 0 Å². The predicted molar refractivity (Wildman–Crippen MR) is 77.1 cm³/mol. The monoisotopic (exact) mass is 258 g/mol. The van der Waals surface area contributed by atoms with E-state index in [2.05, 4.69) is 18.8 Å². The Morgan fingerprint density at radius 1 is 1.21 bits per heavy atom. The van der Waals surface area contributed by atoms with E-state index in [1.54, 1.807) is 0 Å². The van der Waals surface area contributed by atoms with Crippen molar-refractivity contribution in [2.24, 2.45) is 5.92 Å². The van der Waals surface area contributed by atoms with E-state index >= 15 is 0 Å². The fourth-order valence-corrected chi connectivity index (χ4v) is 2.64. The Labute approximate surface area is 115 Å². The fraction of sp³-hybridized carbons (Fsp3) is 0.529. The van der Waals surface area contributed by atoms with Gasteiger partial charge in [-0.3, -0.25) is 0 Å². The highest BCUT2D eigenvalue weighted by molar-refractivity contribution is 5.46. The first-order valence-electron chi connectivity index (χ1n) is 7.19. The normalized spacial score (nSPS) is 22.4. The third-order valence-electron chi connectivity index (χ3n) is 3.85. The van der Waals surface area contributed by atoms with Gasteiger partial charge in [-0.15, -0.1) is 0 Å². The number of aliphatic hydroxyl groups excluding tert-OH is 1. The van der Waals surface area contributed by atoms with E-state index in [4.69, 9.17) is 9.84 Å². The molecule has 0 radical (unpaired) electrons. The van der Waals surface area contributed by atoms with Crippen LogP contribution < -0.4 is 4.74 Å². The number of hydrogen-bond donors (Lipinski definition) is 1. The summed E-state index contributed by atoms with van der Waals surface area (Å²) >= 11 is 0. The van der Waals surface area contributed by atoms with Crippen LogP contribution >= 0.6 is 0 Å². The summed E-state index contributed by atoms with van der Waals surface area (Å²) in [6, 6.07) is 7.82. The summed E-state index contributed by atoms with van der Waals surface area (Å²) in [5.41, 5.74) is 0.870. The highest BCUT2D eigenvalue weighted by atomic mass is 16.5. The zero-order valence-corrected chi connectivity index (χ0v) is 11.6. The molecule has 19 heavy (non-hydrogen) atoms. The van der Waals surface area contributed by atoms with Crippen molar-refractivity contribution in [1.82, 2.24) is 0 Å². The molecule has 0 atom stereocenters. The van der Waals surface area contributed by atoms with Crippen LogP contribution in [0.1, 0.15) is 44.6 Å². The number of ether oxygens (including phenoxy) is 1. The van der Waals surface area contributed by atoms with Gasteiger partial charge in [0.1, 0.15) is 12.4 Å². The molecule has 0 heterocycles. The standard InChI is InChI=1S/C17H22O2/c1-2-14-9-11-16(12-10-14)19-17-8-4-3-6-15(17)7-5-13-18/h3-4,6,8,14,16,18H,2,9-13H2,1H3. The highest BCUT2D eigenvalue weighted by Crippen LogP contribution is 2.30. The molecule has 2 nitrogen and oxygen atoms in total. The quantitative estimate of drug-likeness (QED) is 0.842. The van der Waals surface area contributed by atoms with Crippen LogP contribution in [0.4, 0.5) is 0 Å². The topological polar surface area (TPSA) is 29.5 Å².